The Bertz CT molecular complexity index is 836. The zero-order valence-electron chi connectivity index (χ0n) is 14.2. The van der Waals surface area contributed by atoms with Crippen LogP contribution in [0.5, 0.6) is 5.75 Å². The van der Waals surface area contributed by atoms with Gasteiger partial charge < -0.3 is 10.1 Å². The third-order valence-electron chi connectivity index (χ3n) is 3.49. The predicted molar refractivity (Wildman–Crippen MR) is 99.7 cm³/mol. The molecule has 25 heavy (non-hydrogen) atoms. The molecule has 0 aliphatic carbocycles. The maximum atomic E-state index is 12.5. The minimum atomic E-state index is -3.73. The van der Waals surface area contributed by atoms with Crippen LogP contribution in [0.2, 0.25) is 0 Å². The molecule has 0 unspecified atom stereocenters. The highest BCUT2D eigenvalue weighted by Gasteiger charge is 2.23. The lowest BCUT2D eigenvalue weighted by atomic mass is 10.3. The number of carbonyl (C=O) groups excluding carboxylic acids is 1. The van der Waals surface area contributed by atoms with Crippen LogP contribution in [-0.4, -0.2) is 45.6 Å². The summed E-state index contributed by atoms with van der Waals surface area (Å²) < 4.78 is 31.2. The molecule has 1 amide bonds. The SMILES string of the molecule is COc1cccc(NC(=O)CN(C)S(=O)(=O)c2ccc(SC)cc2)c1. The quantitative estimate of drug-likeness (QED) is 0.748. The van der Waals surface area contributed by atoms with Gasteiger partial charge in [-0.3, -0.25) is 4.79 Å². The number of sulfonamides is 1. The number of nitrogens with one attached hydrogen (secondary N) is 1. The van der Waals surface area contributed by atoms with Crippen molar-refractivity contribution in [1.82, 2.24) is 4.31 Å². The topological polar surface area (TPSA) is 75.7 Å². The van der Waals surface area contributed by atoms with Gasteiger partial charge in [-0.05, 0) is 42.7 Å². The molecular weight excluding hydrogens is 360 g/mol. The maximum Gasteiger partial charge on any atom is 0.243 e. The smallest absolute Gasteiger partial charge is 0.243 e. The van der Waals surface area contributed by atoms with Gasteiger partial charge >= 0.3 is 0 Å². The van der Waals surface area contributed by atoms with Gasteiger partial charge in [0.25, 0.3) is 0 Å². The van der Waals surface area contributed by atoms with Gasteiger partial charge in [0.1, 0.15) is 5.75 Å². The summed E-state index contributed by atoms with van der Waals surface area (Å²) in [7, 11) is -0.816. The third kappa shape index (κ3) is 4.97. The van der Waals surface area contributed by atoms with Crippen molar-refractivity contribution in [2.45, 2.75) is 9.79 Å². The standard InChI is InChI=1S/C17H20N2O4S2/c1-19(25(21,22)16-9-7-15(24-3)8-10-16)12-17(20)18-13-5-4-6-14(11-13)23-2/h4-11H,12H2,1-3H3,(H,18,20). The molecule has 134 valence electrons. The first-order valence-electron chi connectivity index (χ1n) is 7.41. The number of carbonyl (C=O) groups is 1. The van der Waals surface area contributed by atoms with Gasteiger partial charge in [-0.15, -0.1) is 11.8 Å². The van der Waals surface area contributed by atoms with Crippen molar-refractivity contribution >= 4 is 33.4 Å². The summed E-state index contributed by atoms with van der Waals surface area (Å²) in [6.45, 7) is -0.288. The van der Waals surface area contributed by atoms with Crippen LogP contribution in [0.3, 0.4) is 0 Å². The summed E-state index contributed by atoms with van der Waals surface area (Å²) in [6.07, 6.45) is 1.92. The Morgan fingerprint density at radius 2 is 1.88 bits per heavy atom. The van der Waals surface area contributed by atoms with Crippen LogP contribution < -0.4 is 10.1 Å². The van der Waals surface area contributed by atoms with Crippen LogP contribution in [0.25, 0.3) is 0 Å². The van der Waals surface area contributed by atoms with E-state index < -0.39 is 15.9 Å². The zero-order valence-corrected chi connectivity index (χ0v) is 15.9. The molecule has 2 rings (SSSR count). The van der Waals surface area contributed by atoms with E-state index in [1.54, 1.807) is 36.4 Å². The van der Waals surface area contributed by atoms with Gasteiger partial charge in [0, 0.05) is 23.7 Å². The van der Waals surface area contributed by atoms with Crippen molar-refractivity contribution in [2.75, 3.05) is 32.3 Å². The Labute approximate surface area is 152 Å². The fourth-order valence-electron chi connectivity index (χ4n) is 2.12. The number of methoxy groups -OCH3 is 1. The van der Waals surface area contributed by atoms with E-state index in [4.69, 9.17) is 4.74 Å². The van der Waals surface area contributed by atoms with Crippen molar-refractivity contribution in [3.8, 4) is 5.75 Å². The summed E-state index contributed by atoms with van der Waals surface area (Å²) in [5, 5.41) is 2.66. The Morgan fingerprint density at radius 3 is 2.48 bits per heavy atom. The van der Waals surface area contributed by atoms with Crippen LogP contribution in [0.1, 0.15) is 0 Å². The first-order valence-corrected chi connectivity index (χ1v) is 10.1. The van der Waals surface area contributed by atoms with E-state index in [0.29, 0.717) is 11.4 Å². The predicted octanol–water partition coefficient (Wildman–Crippen LogP) is 2.68. The average molecular weight is 380 g/mol. The average Bonchev–Trinajstić information content (AvgIpc) is 2.61. The van der Waals surface area contributed by atoms with E-state index in [1.807, 2.05) is 6.26 Å². The van der Waals surface area contributed by atoms with Crippen LogP contribution in [0.15, 0.2) is 58.3 Å². The highest BCUT2D eigenvalue weighted by Crippen LogP contribution is 2.20. The summed E-state index contributed by atoms with van der Waals surface area (Å²) in [5.41, 5.74) is 0.541. The lowest BCUT2D eigenvalue weighted by Gasteiger charge is -2.17. The number of thioether (sulfide) groups is 1. The first kappa shape index (κ1) is 19.3. The molecule has 0 saturated heterocycles. The van der Waals surface area contributed by atoms with Gasteiger partial charge in [0.2, 0.25) is 15.9 Å². The molecule has 0 fully saturated rings. The minimum Gasteiger partial charge on any atom is -0.497 e. The maximum absolute atomic E-state index is 12.5. The van der Waals surface area contributed by atoms with Crippen LogP contribution in [0.4, 0.5) is 5.69 Å². The number of amides is 1. The molecule has 0 aliphatic rings. The van der Waals surface area contributed by atoms with Crippen molar-refractivity contribution in [2.24, 2.45) is 0 Å². The second-order valence-electron chi connectivity index (χ2n) is 5.22. The van der Waals surface area contributed by atoms with Gasteiger partial charge in [-0.25, -0.2) is 8.42 Å². The van der Waals surface area contributed by atoms with E-state index in [0.717, 1.165) is 9.20 Å². The molecule has 0 atom stereocenters. The highest BCUT2D eigenvalue weighted by atomic mass is 32.2. The fraction of sp³-hybridized carbons (Fsp3) is 0.235. The van der Waals surface area contributed by atoms with Crippen LogP contribution >= 0.6 is 11.8 Å². The molecule has 2 aromatic rings. The zero-order chi connectivity index (χ0) is 18.4. The molecule has 0 spiro atoms. The molecule has 2 aromatic carbocycles. The molecule has 1 N–H and O–H groups in total. The van der Waals surface area contributed by atoms with E-state index in [2.05, 4.69) is 5.32 Å². The summed E-state index contributed by atoms with van der Waals surface area (Å²) in [4.78, 5) is 13.3. The first-order chi connectivity index (χ1) is 11.9. The van der Waals surface area contributed by atoms with Crippen LogP contribution in [0, 0.1) is 0 Å². The second-order valence-corrected chi connectivity index (χ2v) is 8.14. The summed E-state index contributed by atoms with van der Waals surface area (Å²) in [6, 6.07) is 13.4. The molecule has 0 saturated carbocycles. The molecule has 0 bridgehead atoms. The molecule has 8 heteroatoms. The second kappa shape index (κ2) is 8.37. The molecule has 6 nitrogen and oxygen atoms in total. The Morgan fingerprint density at radius 1 is 1.20 bits per heavy atom. The number of nitrogens with zero attached hydrogens (tertiary/aromatic N) is 1. The Hall–Kier alpha value is -2.03. The van der Waals surface area contributed by atoms with E-state index >= 15 is 0 Å². The molecule has 0 radical (unpaired) electrons. The van der Waals surface area contributed by atoms with Crippen LogP contribution in [-0.2, 0) is 14.8 Å². The lowest BCUT2D eigenvalue weighted by molar-refractivity contribution is -0.116. The minimum absolute atomic E-state index is 0.155. The number of ether oxygens (including phenoxy) is 1. The van der Waals surface area contributed by atoms with Crippen molar-refractivity contribution < 1.29 is 17.9 Å². The van der Waals surface area contributed by atoms with Gasteiger partial charge in [0.15, 0.2) is 0 Å². The largest absolute Gasteiger partial charge is 0.497 e. The van der Waals surface area contributed by atoms with E-state index in [9.17, 15) is 13.2 Å². The number of hydrogen-bond donors (Lipinski definition) is 1. The fourth-order valence-corrected chi connectivity index (χ4v) is 3.65. The van der Waals surface area contributed by atoms with Gasteiger partial charge in [0.05, 0.1) is 18.6 Å². The Kier molecular flexibility index (Phi) is 6.46. The monoisotopic (exact) mass is 380 g/mol. The number of likely N-dealkylation sites (N-methyl/N-ethyl adjacent to an activating group) is 1. The molecule has 0 heterocycles. The molecular formula is C17H20N2O4S2. The molecule has 0 aliphatic heterocycles. The number of anilines is 1. The molecule has 0 aromatic heterocycles. The summed E-state index contributed by atoms with van der Waals surface area (Å²) in [5.74, 6) is 0.174. The van der Waals surface area contributed by atoms with Gasteiger partial charge in [-0.1, -0.05) is 6.07 Å². The van der Waals surface area contributed by atoms with Crippen molar-refractivity contribution in [1.29, 1.82) is 0 Å². The van der Waals surface area contributed by atoms with E-state index in [-0.39, 0.29) is 11.4 Å². The van der Waals surface area contributed by atoms with Crippen molar-refractivity contribution in [3.05, 3.63) is 48.5 Å². The number of rotatable bonds is 7. The Balaban J connectivity index is 2.05. The van der Waals surface area contributed by atoms with Gasteiger partial charge in [-0.2, -0.15) is 4.31 Å². The summed E-state index contributed by atoms with van der Waals surface area (Å²) >= 11 is 1.53. The number of hydrogen-bond acceptors (Lipinski definition) is 5. The third-order valence-corrected chi connectivity index (χ3v) is 6.05. The normalized spacial score (nSPS) is 11.4. The highest BCUT2D eigenvalue weighted by molar-refractivity contribution is 7.98. The lowest BCUT2D eigenvalue weighted by Crippen LogP contribution is -2.34. The van der Waals surface area contributed by atoms with Crippen molar-refractivity contribution in [3.63, 3.8) is 0 Å². The van der Waals surface area contributed by atoms with E-state index in [1.165, 1.54) is 38.1 Å². The number of benzene rings is 2.